The van der Waals surface area contributed by atoms with Gasteiger partial charge < -0.3 is 15.2 Å². The predicted octanol–water partition coefficient (Wildman–Crippen LogP) is -1.46. The maximum atomic E-state index is 11.2. The fourth-order valence-corrected chi connectivity index (χ4v) is 0.860. The van der Waals surface area contributed by atoms with Crippen LogP contribution in [-0.4, -0.2) is 52.6 Å². The number of nitrogens with zero attached hydrogens (tertiary/aromatic N) is 2. The second kappa shape index (κ2) is 5.30. The third kappa shape index (κ3) is 3.11. The summed E-state index contributed by atoms with van der Waals surface area (Å²) in [7, 11) is 1.47. The molecule has 1 unspecified atom stereocenters. The summed E-state index contributed by atoms with van der Waals surface area (Å²) in [6.07, 6.45) is 0.521. The molecular weight excluding hydrogens is 188 g/mol. The van der Waals surface area contributed by atoms with Crippen molar-refractivity contribution in [1.29, 1.82) is 0 Å². The van der Waals surface area contributed by atoms with Crippen LogP contribution in [0.3, 0.4) is 0 Å². The molecule has 3 N–H and O–H groups in total. The fraction of sp³-hybridized carbons (Fsp3) is 0.571. The number of aromatic nitrogens is 3. The van der Waals surface area contributed by atoms with Crippen molar-refractivity contribution in [3.63, 3.8) is 0 Å². The quantitative estimate of drug-likeness (QED) is 0.539. The first-order valence-electron chi connectivity index (χ1n) is 4.04. The molecule has 1 amide bonds. The first-order valence-corrected chi connectivity index (χ1v) is 4.04. The van der Waals surface area contributed by atoms with Gasteiger partial charge in [0, 0.05) is 13.7 Å². The molecule has 7 heteroatoms. The number of H-pyrrole nitrogens is 1. The molecule has 14 heavy (non-hydrogen) atoms. The number of nitrogens with one attached hydrogen (secondary N) is 2. The minimum Gasteiger partial charge on any atom is -0.389 e. The minimum absolute atomic E-state index is 0.118. The number of aliphatic hydroxyl groups is 1. The van der Waals surface area contributed by atoms with Crippen LogP contribution >= 0.6 is 0 Å². The van der Waals surface area contributed by atoms with E-state index in [4.69, 9.17) is 0 Å². The Morgan fingerprint density at radius 2 is 2.64 bits per heavy atom. The number of aliphatic hydroxyl groups excluding tert-OH is 1. The summed E-state index contributed by atoms with van der Waals surface area (Å²) in [6.45, 7) is 0.296. The van der Waals surface area contributed by atoms with Crippen LogP contribution in [0, 0.1) is 0 Å². The van der Waals surface area contributed by atoms with Crippen LogP contribution in [0.25, 0.3) is 0 Å². The molecule has 1 aromatic heterocycles. The molecule has 0 radical (unpaired) electrons. The average Bonchev–Trinajstić information content (AvgIpc) is 2.67. The highest BCUT2D eigenvalue weighted by atomic mass is 16.5. The topological polar surface area (TPSA) is 100 Å². The first-order chi connectivity index (χ1) is 6.74. The molecule has 0 spiro atoms. The van der Waals surface area contributed by atoms with Gasteiger partial charge >= 0.3 is 0 Å². The lowest BCUT2D eigenvalue weighted by molar-refractivity contribution is 0.0607. The molecule has 78 valence electrons. The second-order valence-electron chi connectivity index (χ2n) is 2.65. The Kier molecular flexibility index (Phi) is 4.02. The van der Waals surface area contributed by atoms with Gasteiger partial charge in [-0.2, -0.15) is 5.10 Å². The molecule has 0 saturated carbocycles. The van der Waals surface area contributed by atoms with E-state index in [1.165, 1.54) is 13.4 Å². The highest BCUT2D eigenvalue weighted by Gasteiger charge is 2.10. The van der Waals surface area contributed by atoms with Crippen molar-refractivity contribution in [1.82, 2.24) is 20.5 Å². The van der Waals surface area contributed by atoms with E-state index in [1.54, 1.807) is 0 Å². The van der Waals surface area contributed by atoms with Gasteiger partial charge in [-0.3, -0.25) is 9.89 Å². The molecular formula is C7H12N4O3. The van der Waals surface area contributed by atoms with Gasteiger partial charge in [0.25, 0.3) is 5.91 Å². The van der Waals surface area contributed by atoms with Crippen LogP contribution in [0.5, 0.6) is 0 Å². The van der Waals surface area contributed by atoms with Gasteiger partial charge in [-0.25, -0.2) is 4.98 Å². The summed E-state index contributed by atoms with van der Waals surface area (Å²) in [5.41, 5.74) is 0. The molecule has 0 aliphatic rings. The van der Waals surface area contributed by atoms with Crippen molar-refractivity contribution in [2.75, 3.05) is 20.3 Å². The van der Waals surface area contributed by atoms with E-state index in [-0.39, 0.29) is 19.0 Å². The van der Waals surface area contributed by atoms with Gasteiger partial charge in [-0.1, -0.05) is 0 Å². The second-order valence-corrected chi connectivity index (χ2v) is 2.65. The van der Waals surface area contributed by atoms with Crippen molar-refractivity contribution in [2.45, 2.75) is 6.10 Å². The number of rotatable bonds is 5. The van der Waals surface area contributed by atoms with E-state index in [1.807, 2.05) is 0 Å². The van der Waals surface area contributed by atoms with Crippen molar-refractivity contribution >= 4 is 5.91 Å². The average molecular weight is 200 g/mol. The van der Waals surface area contributed by atoms with E-state index >= 15 is 0 Å². The number of carbonyl (C=O) groups is 1. The SMILES string of the molecule is COCC(O)CNC(=O)c1ncn[nH]1. The Labute approximate surface area is 80.5 Å². The largest absolute Gasteiger partial charge is 0.389 e. The molecule has 1 aromatic rings. The van der Waals surface area contributed by atoms with Gasteiger partial charge in [0.05, 0.1) is 12.7 Å². The predicted molar refractivity (Wildman–Crippen MR) is 46.6 cm³/mol. The zero-order chi connectivity index (χ0) is 10.4. The van der Waals surface area contributed by atoms with Crippen LogP contribution < -0.4 is 5.32 Å². The number of hydrogen-bond donors (Lipinski definition) is 3. The van der Waals surface area contributed by atoms with Crippen molar-refractivity contribution < 1.29 is 14.6 Å². The molecule has 1 rings (SSSR count). The van der Waals surface area contributed by atoms with Crippen molar-refractivity contribution in [3.05, 3.63) is 12.2 Å². The van der Waals surface area contributed by atoms with Crippen molar-refractivity contribution in [2.24, 2.45) is 0 Å². The lowest BCUT2D eigenvalue weighted by atomic mass is 10.3. The number of aromatic amines is 1. The van der Waals surface area contributed by atoms with Crippen LogP contribution in [0.2, 0.25) is 0 Å². The Morgan fingerprint density at radius 3 is 3.21 bits per heavy atom. The van der Waals surface area contributed by atoms with Gasteiger partial charge in [0.2, 0.25) is 5.82 Å². The molecule has 0 bridgehead atoms. The standard InChI is InChI=1S/C7H12N4O3/c1-14-3-5(12)2-8-7(13)6-9-4-10-11-6/h4-5,12H,2-3H2,1H3,(H,8,13)(H,9,10,11). The monoisotopic (exact) mass is 200 g/mol. The Hall–Kier alpha value is -1.47. The Bertz CT molecular complexity index is 274. The van der Waals surface area contributed by atoms with Crippen LogP contribution in [0.15, 0.2) is 6.33 Å². The third-order valence-electron chi connectivity index (χ3n) is 1.49. The van der Waals surface area contributed by atoms with E-state index < -0.39 is 12.0 Å². The molecule has 0 aliphatic heterocycles. The Balaban J connectivity index is 2.28. The van der Waals surface area contributed by atoms with E-state index in [9.17, 15) is 9.90 Å². The zero-order valence-electron chi connectivity index (χ0n) is 7.73. The van der Waals surface area contributed by atoms with Gasteiger partial charge in [0.1, 0.15) is 6.33 Å². The van der Waals surface area contributed by atoms with E-state index in [0.717, 1.165) is 0 Å². The molecule has 7 nitrogen and oxygen atoms in total. The highest BCUT2D eigenvalue weighted by molar-refractivity contribution is 5.90. The van der Waals surface area contributed by atoms with Crippen LogP contribution in [0.4, 0.5) is 0 Å². The molecule has 1 atom stereocenters. The summed E-state index contributed by atoms with van der Waals surface area (Å²) < 4.78 is 4.69. The normalized spacial score (nSPS) is 12.4. The molecule has 0 aliphatic carbocycles. The van der Waals surface area contributed by atoms with E-state index in [2.05, 4.69) is 25.2 Å². The van der Waals surface area contributed by atoms with Crippen LogP contribution in [0.1, 0.15) is 10.6 Å². The van der Waals surface area contributed by atoms with E-state index in [0.29, 0.717) is 0 Å². The zero-order valence-corrected chi connectivity index (χ0v) is 7.73. The van der Waals surface area contributed by atoms with Gasteiger partial charge in [-0.15, -0.1) is 0 Å². The molecule has 1 heterocycles. The third-order valence-corrected chi connectivity index (χ3v) is 1.49. The smallest absolute Gasteiger partial charge is 0.288 e. The van der Waals surface area contributed by atoms with Crippen LogP contribution in [-0.2, 0) is 4.74 Å². The lowest BCUT2D eigenvalue weighted by Gasteiger charge is -2.09. The summed E-state index contributed by atoms with van der Waals surface area (Å²) in [4.78, 5) is 14.9. The van der Waals surface area contributed by atoms with Crippen molar-refractivity contribution in [3.8, 4) is 0 Å². The van der Waals surface area contributed by atoms with Gasteiger partial charge in [-0.05, 0) is 0 Å². The minimum atomic E-state index is -0.716. The summed E-state index contributed by atoms with van der Waals surface area (Å²) in [6, 6.07) is 0. The molecule has 0 fully saturated rings. The summed E-state index contributed by atoms with van der Waals surface area (Å²) >= 11 is 0. The number of carbonyl (C=O) groups excluding carboxylic acids is 1. The lowest BCUT2D eigenvalue weighted by Crippen LogP contribution is -2.34. The highest BCUT2D eigenvalue weighted by Crippen LogP contribution is 1.86. The molecule has 0 saturated heterocycles. The maximum Gasteiger partial charge on any atom is 0.288 e. The maximum absolute atomic E-state index is 11.2. The summed E-state index contributed by atoms with van der Waals surface area (Å²) in [5, 5.41) is 17.6. The Morgan fingerprint density at radius 1 is 1.86 bits per heavy atom. The number of ether oxygens (including phenoxy) is 1. The first kappa shape index (κ1) is 10.6. The number of methoxy groups -OCH3 is 1. The number of amides is 1. The molecule has 0 aromatic carbocycles. The summed E-state index contributed by atoms with van der Waals surface area (Å²) in [5.74, 6) is -0.285. The fourth-order valence-electron chi connectivity index (χ4n) is 0.860. The van der Waals surface area contributed by atoms with Gasteiger partial charge in [0.15, 0.2) is 0 Å². The number of hydrogen-bond acceptors (Lipinski definition) is 5.